The Balaban J connectivity index is 1.42. The van der Waals surface area contributed by atoms with E-state index in [0.29, 0.717) is 28.9 Å². The predicted molar refractivity (Wildman–Crippen MR) is 184 cm³/mol. The van der Waals surface area contributed by atoms with E-state index in [1.54, 1.807) is 18.4 Å². The largest absolute Gasteiger partial charge is 0.496 e. The Hall–Kier alpha value is -3.88. The molecule has 0 amide bonds. The summed E-state index contributed by atoms with van der Waals surface area (Å²) in [5.74, 6) is 1.79. The third-order valence-electron chi connectivity index (χ3n) is 9.02. The van der Waals surface area contributed by atoms with Gasteiger partial charge in [-0.2, -0.15) is 0 Å². The fourth-order valence-corrected chi connectivity index (χ4v) is 7.26. The van der Waals surface area contributed by atoms with E-state index in [9.17, 15) is 4.79 Å². The van der Waals surface area contributed by atoms with Gasteiger partial charge in [-0.25, -0.2) is 4.99 Å². The van der Waals surface area contributed by atoms with Crippen molar-refractivity contribution in [2.75, 3.05) is 51.8 Å². The molecule has 1 aromatic heterocycles. The summed E-state index contributed by atoms with van der Waals surface area (Å²) in [6, 6.07) is 19.5. The zero-order chi connectivity index (χ0) is 31.7. The monoisotopic (exact) mass is 624 g/mol. The van der Waals surface area contributed by atoms with Crippen LogP contribution in [0.1, 0.15) is 66.6 Å². The number of nitrogens with zero attached hydrogens (tertiary/aromatic N) is 4. The number of para-hydroxylation sites is 1. The van der Waals surface area contributed by atoms with Crippen molar-refractivity contribution in [2.24, 2.45) is 4.99 Å². The van der Waals surface area contributed by atoms with E-state index in [-0.39, 0.29) is 12.4 Å². The van der Waals surface area contributed by atoms with Crippen LogP contribution in [0.25, 0.3) is 11.3 Å². The van der Waals surface area contributed by atoms with E-state index < -0.39 is 0 Å². The van der Waals surface area contributed by atoms with Gasteiger partial charge in [0.25, 0.3) is 0 Å². The molecule has 0 bridgehead atoms. The number of thiazole rings is 1. The van der Waals surface area contributed by atoms with Gasteiger partial charge < -0.3 is 23.8 Å². The number of hydrogen-bond donors (Lipinski definition) is 0. The molecule has 0 unspecified atom stereocenters. The first kappa shape index (κ1) is 31.1. The Morgan fingerprint density at radius 1 is 0.933 bits per heavy atom. The first-order valence-electron chi connectivity index (χ1n) is 16.0. The van der Waals surface area contributed by atoms with Crippen LogP contribution in [-0.2, 0) is 13.0 Å². The van der Waals surface area contributed by atoms with Crippen LogP contribution in [0.2, 0.25) is 0 Å². The van der Waals surface area contributed by atoms with E-state index in [1.165, 1.54) is 22.4 Å². The number of ether oxygens (including phenoxy) is 2. The Morgan fingerprint density at radius 3 is 2.27 bits per heavy atom. The lowest BCUT2D eigenvalue weighted by Gasteiger charge is -2.34. The summed E-state index contributed by atoms with van der Waals surface area (Å²) < 4.78 is 13.8. The maximum Gasteiger partial charge on any atom is 0.207 e. The normalized spacial score (nSPS) is 15.7. The number of carbonyl (C=O) groups is 1. The average Bonchev–Trinajstić information content (AvgIpc) is 3.63. The Kier molecular flexibility index (Phi) is 9.15. The van der Waals surface area contributed by atoms with Gasteiger partial charge in [0, 0.05) is 49.4 Å². The minimum absolute atomic E-state index is 0.0310. The molecule has 6 rings (SSSR count). The Bertz CT molecular complexity index is 1720. The number of likely N-dealkylation sites (N-methyl/N-ethyl adjacent to an activating group) is 1. The number of anilines is 1. The van der Waals surface area contributed by atoms with Gasteiger partial charge in [-0.1, -0.05) is 58.0 Å². The number of benzene rings is 3. The van der Waals surface area contributed by atoms with Gasteiger partial charge in [0.2, 0.25) is 5.78 Å². The van der Waals surface area contributed by atoms with Gasteiger partial charge in [-0.15, -0.1) is 11.3 Å². The van der Waals surface area contributed by atoms with Crippen molar-refractivity contribution in [3.8, 4) is 22.8 Å². The summed E-state index contributed by atoms with van der Waals surface area (Å²) in [5, 5.41) is 2.15. The maximum atomic E-state index is 12.8. The molecule has 0 spiro atoms. The second kappa shape index (κ2) is 13.2. The van der Waals surface area contributed by atoms with Crippen LogP contribution in [0.3, 0.4) is 0 Å². The molecule has 0 N–H and O–H groups in total. The third-order valence-corrected chi connectivity index (χ3v) is 9.88. The molecule has 0 aliphatic carbocycles. The van der Waals surface area contributed by atoms with Crippen LogP contribution in [-0.4, -0.2) is 62.2 Å². The number of carbonyl (C=O) groups excluding carboxylic acids is 1. The van der Waals surface area contributed by atoms with Gasteiger partial charge in [0.1, 0.15) is 17.1 Å². The minimum Gasteiger partial charge on any atom is -0.496 e. The molecule has 8 heteroatoms. The van der Waals surface area contributed by atoms with Crippen LogP contribution in [0.5, 0.6) is 11.5 Å². The van der Waals surface area contributed by atoms with E-state index in [1.807, 2.05) is 12.1 Å². The van der Waals surface area contributed by atoms with E-state index in [2.05, 4.69) is 97.0 Å². The number of fused-ring (bicyclic) bond motifs is 1. The number of hydrogen-bond acceptors (Lipinski definition) is 7. The summed E-state index contributed by atoms with van der Waals surface area (Å²) in [7, 11) is 3.78. The molecule has 4 aromatic rings. The average molecular weight is 625 g/mol. The highest BCUT2D eigenvalue weighted by Gasteiger charge is 2.30. The quantitative estimate of drug-likeness (QED) is 0.196. The molecule has 3 heterocycles. The number of rotatable bonds is 9. The van der Waals surface area contributed by atoms with E-state index in [4.69, 9.17) is 14.5 Å². The van der Waals surface area contributed by atoms with E-state index >= 15 is 0 Å². The van der Waals surface area contributed by atoms with Crippen LogP contribution < -0.4 is 19.2 Å². The SMILES string of the molecule is COc1ccc(-c2csc(=Nc3c(C(C)C)cccc3C(C)C)n2CCc2ccc(N3CCN(C)CC3)cc2)c2c1C(=O)CO2. The van der Waals surface area contributed by atoms with Crippen LogP contribution >= 0.6 is 11.3 Å². The molecule has 0 atom stereocenters. The Morgan fingerprint density at radius 2 is 1.62 bits per heavy atom. The summed E-state index contributed by atoms with van der Waals surface area (Å²) in [5.41, 5.74) is 8.54. The zero-order valence-electron chi connectivity index (χ0n) is 27.3. The molecule has 1 saturated heterocycles. The Labute approximate surface area is 270 Å². The molecule has 7 nitrogen and oxygen atoms in total. The lowest BCUT2D eigenvalue weighted by Crippen LogP contribution is -2.44. The number of aryl methyl sites for hydroxylation is 1. The number of ketones is 1. The number of Topliss-reactive ketones (excluding diaryl/α,β-unsaturated/α-hetero) is 1. The maximum absolute atomic E-state index is 12.8. The molecule has 236 valence electrons. The van der Waals surface area contributed by atoms with Crippen molar-refractivity contribution in [2.45, 2.75) is 52.5 Å². The number of methoxy groups -OCH3 is 1. The first-order valence-corrected chi connectivity index (χ1v) is 16.9. The summed E-state index contributed by atoms with van der Waals surface area (Å²) in [6.07, 6.45) is 0.848. The highest BCUT2D eigenvalue weighted by Crippen LogP contribution is 2.42. The molecule has 2 aliphatic rings. The molecular formula is C37H44N4O3S. The molecule has 1 fully saturated rings. The zero-order valence-corrected chi connectivity index (χ0v) is 28.1. The third kappa shape index (κ3) is 6.31. The van der Waals surface area contributed by atoms with Crippen LogP contribution in [0, 0.1) is 0 Å². The van der Waals surface area contributed by atoms with E-state index in [0.717, 1.165) is 60.9 Å². The second-order valence-electron chi connectivity index (χ2n) is 12.7. The first-order chi connectivity index (χ1) is 21.7. The van der Waals surface area contributed by atoms with Gasteiger partial charge in [0.05, 0.1) is 18.5 Å². The lowest BCUT2D eigenvalue weighted by molar-refractivity contribution is 0.0959. The lowest BCUT2D eigenvalue weighted by atomic mass is 9.93. The summed E-state index contributed by atoms with van der Waals surface area (Å²) in [4.78, 5) is 24.0. The fraction of sp³-hybridized carbons (Fsp3) is 0.405. The van der Waals surface area contributed by atoms with Crippen molar-refractivity contribution < 1.29 is 14.3 Å². The standard InChI is InChI=1S/C37H44N4O3S/c1-24(2)28-8-7-9-29(25(3)4)35(28)38-37-41(17-16-26-10-12-27(13-11-26)40-20-18-39(5)19-21-40)31(23-45-37)30-14-15-33(43-6)34-32(42)22-44-36(30)34/h7-15,23-25H,16-22H2,1-6H3. The molecular weight excluding hydrogens is 580 g/mol. The van der Waals surface area contributed by atoms with Crippen LogP contribution in [0.4, 0.5) is 11.4 Å². The fourth-order valence-electron chi connectivity index (χ4n) is 6.33. The molecule has 3 aromatic carbocycles. The minimum atomic E-state index is -0.0525. The van der Waals surface area contributed by atoms with Crippen molar-refractivity contribution in [3.63, 3.8) is 0 Å². The molecule has 0 saturated carbocycles. The van der Waals surface area contributed by atoms with Crippen LogP contribution in [0.15, 0.2) is 65.0 Å². The molecule has 0 radical (unpaired) electrons. The number of piperazine rings is 1. The van der Waals surface area contributed by atoms with Gasteiger partial charge >= 0.3 is 0 Å². The highest BCUT2D eigenvalue weighted by atomic mass is 32.1. The van der Waals surface area contributed by atoms with Crippen molar-refractivity contribution in [3.05, 3.63) is 87.0 Å². The van der Waals surface area contributed by atoms with Crippen molar-refractivity contribution in [1.29, 1.82) is 0 Å². The van der Waals surface area contributed by atoms with Gasteiger partial charge in [-0.05, 0) is 66.3 Å². The molecule has 45 heavy (non-hydrogen) atoms. The summed E-state index contributed by atoms with van der Waals surface area (Å²) in [6.45, 7) is 14.0. The smallest absolute Gasteiger partial charge is 0.207 e. The molecule has 2 aliphatic heterocycles. The van der Waals surface area contributed by atoms with Gasteiger partial charge in [-0.3, -0.25) is 4.79 Å². The topological polar surface area (TPSA) is 59.3 Å². The number of aromatic nitrogens is 1. The highest BCUT2D eigenvalue weighted by molar-refractivity contribution is 7.07. The van der Waals surface area contributed by atoms with Gasteiger partial charge in [0.15, 0.2) is 11.4 Å². The predicted octanol–water partition coefficient (Wildman–Crippen LogP) is 7.27. The van der Waals surface area contributed by atoms with Crippen molar-refractivity contribution >= 4 is 28.5 Å². The summed E-state index contributed by atoms with van der Waals surface area (Å²) >= 11 is 1.63. The second-order valence-corrected chi connectivity index (χ2v) is 13.5. The van der Waals surface area contributed by atoms with Crippen molar-refractivity contribution in [1.82, 2.24) is 9.47 Å².